The maximum atomic E-state index is 11.8. The van der Waals surface area contributed by atoms with Crippen molar-refractivity contribution in [3.63, 3.8) is 0 Å². The van der Waals surface area contributed by atoms with Gasteiger partial charge in [0.25, 0.3) is 0 Å². The van der Waals surface area contributed by atoms with Crippen LogP contribution in [0.3, 0.4) is 0 Å². The maximum Gasteiger partial charge on any atom is 0.317 e. The van der Waals surface area contributed by atoms with E-state index in [-0.39, 0.29) is 6.03 Å². The number of likely N-dealkylation sites (tertiary alicyclic amines) is 1. The minimum atomic E-state index is -0.828. The minimum absolute atomic E-state index is 0.154. The van der Waals surface area contributed by atoms with E-state index in [0.717, 1.165) is 13.0 Å². The zero-order valence-corrected chi connectivity index (χ0v) is 11.4. The summed E-state index contributed by atoms with van der Waals surface area (Å²) in [5, 5.41) is 11.9. The van der Waals surface area contributed by atoms with E-state index in [1.54, 1.807) is 11.8 Å². The van der Waals surface area contributed by atoms with Crippen molar-refractivity contribution in [1.82, 2.24) is 15.1 Å². The molecule has 6 nitrogen and oxygen atoms in total. The number of carboxylic acids is 1. The van der Waals surface area contributed by atoms with Gasteiger partial charge in [0.2, 0.25) is 0 Å². The molecule has 1 unspecified atom stereocenters. The van der Waals surface area contributed by atoms with Gasteiger partial charge in [0.05, 0.1) is 5.41 Å². The van der Waals surface area contributed by atoms with Crippen LogP contribution in [0, 0.1) is 5.41 Å². The second-order valence-electron chi connectivity index (χ2n) is 5.43. The molecule has 0 spiro atoms. The Bertz CT molecular complexity index is 320. The third-order valence-corrected chi connectivity index (χ3v) is 3.34. The Morgan fingerprint density at radius 3 is 2.61 bits per heavy atom. The fraction of sp³-hybridized carbons (Fsp3) is 0.833. The molecule has 0 aromatic heterocycles. The predicted molar refractivity (Wildman–Crippen MR) is 68.5 cm³/mol. The third kappa shape index (κ3) is 3.87. The second-order valence-corrected chi connectivity index (χ2v) is 5.43. The number of carbonyl (C=O) groups is 2. The number of urea groups is 1. The van der Waals surface area contributed by atoms with Gasteiger partial charge in [-0.15, -0.1) is 0 Å². The number of rotatable bonds is 5. The van der Waals surface area contributed by atoms with Crippen LogP contribution < -0.4 is 5.32 Å². The summed E-state index contributed by atoms with van der Waals surface area (Å²) >= 11 is 0. The van der Waals surface area contributed by atoms with Crippen LogP contribution in [-0.2, 0) is 4.79 Å². The topological polar surface area (TPSA) is 72.9 Å². The summed E-state index contributed by atoms with van der Waals surface area (Å²) in [7, 11) is 3.97. The first kappa shape index (κ1) is 14.8. The average molecular weight is 257 g/mol. The lowest BCUT2D eigenvalue weighted by atomic mass is 9.90. The highest BCUT2D eigenvalue weighted by Crippen LogP contribution is 2.29. The van der Waals surface area contributed by atoms with E-state index in [2.05, 4.69) is 10.2 Å². The van der Waals surface area contributed by atoms with Crippen LogP contribution in [0.1, 0.15) is 19.8 Å². The molecule has 0 radical (unpaired) electrons. The van der Waals surface area contributed by atoms with E-state index in [1.807, 2.05) is 14.1 Å². The zero-order chi connectivity index (χ0) is 13.8. The van der Waals surface area contributed by atoms with Gasteiger partial charge in [-0.3, -0.25) is 4.79 Å². The summed E-state index contributed by atoms with van der Waals surface area (Å²) in [6.07, 6.45) is 1.41. The van der Waals surface area contributed by atoms with Gasteiger partial charge in [0.15, 0.2) is 0 Å². The van der Waals surface area contributed by atoms with Crippen LogP contribution in [0.2, 0.25) is 0 Å². The zero-order valence-electron chi connectivity index (χ0n) is 11.4. The van der Waals surface area contributed by atoms with E-state index in [0.29, 0.717) is 26.1 Å². The number of aliphatic carboxylic acids is 1. The number of hydrogen-bond donors (Lipinski definition) is 2. The second kappa shape index (κ2) is 6.04. The molecule has 1 fully saturated rings. The van der Waals surface area contributed by atoms with Gasteiger partial charge in [-0.1, -0.05) is 0 Å². The fourth-order valence-electron chi connectivity index (χ4n) is 2.01. The Morgan fingerprint density at radius 2 is 2.11 bits per heavy atom. The van der Waals surface area contributed by atoms with Crippen LogP contribution >= 0.6 is 0 Å². The van der Waals surface area contributed by atoms with Crippen molar-refractivity contribution in [3.8, 4) is 0 Å². The molecular weight excluding hydrogens is 234 g/mol. The first-order valence-electron chi connectivity index (χ1n) is 6.26. The van der Waals surface area contributed by atoms with E-state index in [4.69, 9.17) is 5.11 Å². The fourth-order valence-corrected chi connectivity index (χ4v) is 2.01. The molecule has 6 heteroatoms. The van der Waals surface area contributed by atoms with Crippen molar-refractivity contribution in [3.05, 3.63) is 0 Å². The lowest BCUT2D eigenvalue weighted by molar-refractivity contribution is -0.146. The Hall–Kier alpha value is -1.30. The van der Waals surface area contributed by atoms with Crippen molar-refractivity contribution in [2.75, 3.05) is 40.3 Å². The minimum Gasteiger partial charge on any atom is -0.481 e. The molecule has 1 aliphatic rings. The normalized spacial score (nSPS) is 23.4. The quantitative estimate of drug-likeness (QED) is 0.701. The van der Waals surface area contributed by atoms with Crippen molar-refractivity contribution in [2.45, 2.75) is 19.8 Å². The molecule has 1 heterocycles. The molecule has 1 rings (SSSR count). The summed E-state index contributed by atoms with van der Waals surface area (Å²) in [4.78, 5) is 26.5. The van der Waals surface area contributed by atoms with Crippen LogP contribution in [0.5, 0.6) is 0 Å². The van der Waals surface area contributed by atoms with Gasteiger partial charge in [-0.25, -0.2) is 4.79 Å². The van der Waals surface area contributed by atoms with Crippen LogP contribution in [0.25, 0.3) is 0 Å². The molecule has 0 saturated carbocycles. The average Bonchev–Trinajstić information content (AvgIpc) is 2.68. The Balaban J connectivity index is 2.30. The molecule has 0 aromatic rings. The molecule has 2 N–H and O–H groups in total. The first-order valence-corrected chi connectivity index (χ1v) is 6.26. The van der Waals surface area contributed by atoms with E-state index >= 15 is 0 Å². The summed E-state index contributed by atoms with van der Waals surface area (Å²) < 4.78 is 0. The number of hydrogen-bond acceptors (Lipinski definition) is 3. The molecule has 1 aliphatic heterocycles. The standard InChI is InChI=1S/C12H23N3O3/c1-12(10(16)17)5-8-15(9-12)11(18)13-6-4-7-14(2)3/h4-9H2,1-3H3,(H,13,18)(H,16,17). The van der Waals surface area contributed by atoms with Gasteiger partial charge in [-0.2, -0.15) is 0 Å². The molecule has 1 saturated heterocycles. The molecule has 2 amide bonds. The lowest BCUT2D eigenvalue weighted by Gasteiger charge is -2.20. The number of amides is 2. The number of nitrogens with one attached hydrogen (secondary N) is 1. The molecule has 18 heavy (non-hydrogen) atoms. The first-order chi connectivity index (χ1) is 8.35. The number of nitrogens with zero attached hydrogens (tertiary/aromatic N) is 2. The largest absolute Gasteiger partial charge is 0.481 e. The molecule has 0 aromatic carbocycles. The van der Waals surface area contributed by atoms with Gasteiger partial charge >= 0.3 is 12.0 Å². The molecule has 104 valence electrons. The number of carbonyl (C=O) groups excluding carboxylic acids is 1. The van der Waals surface area contributed by atoms with Crippen molar-refractivity contribution < 1.29 is 14.7 Å². The van der Waals surface area contributed by atoms with Crippen LogP contribution in [0.4, 0.5) is 4.79 Å². The summed E-state index contributed by atoms with van der Waals surface area (Å²) in [6, 6.07) is -0.154. The smallest absolute Gasteiger partial charge is 0.317 e. The SMILES string of the molecule is CN(C)CCCNC(=O)N1CCC(C)(C(=O)O)C1. The number of carboxylic acid groups (broad SMARTS) is 1. The van der Waals surface area contributed by atoms with Gasteiger partial charge in [-0.05, 0) is 40.4 Å². The highest BCUT2D eigenvalue weighted by atomic mass is 16.4. The van der Waals surface area contributed by atoms with Crippen molar-refractivity contribution in [2.24, 2.45) is 5.41 Å². The van der Waals surface area contributed by atoms with Crippen LogP contribution in [-0.4, -0.2) is 67.2 Å². The monoisotopic (exact) mass is 257 g/mol. The molecular formula is C12H23N3O3. The van der Waals surface area contributed by atoms with E-state index < -0.39 is 11.4 Å². The summed E-state index contributed by atoms with van der Waals surface area (Å²) in [6.45, 7) is 4.04. The van der Waals surface area contributed by atoms with E-state index in [1.165, 1.54) is 0 Å². The van der Waals surface area contributed by atoms with Gasteiger partial charge in [0, 0.05) is 19.6 Å². The van der Waals surface area contributed by atoms with E-state index in [9.17, 15) is 9.59 Å². The van der Waals surface area contributed by atoms with Crippen molar-refractivity contribution >= 4 is 12.0 Å². The van der Waals surface area contributed by atoms with Gasteiger partial charge in [0.1, 0.15) is 0 Å². The Kier molecular flexibility index (Phi) is 4.95. The Morgan fingerprint density at radius 1 is 1.44 bits per heavy atom. The van der Waals surface area contributed by atoms with Crippen molar-refractivity contribution in [1.29, 1.82) is 0 Å². The van der Waals surface area contributed by atoms with Crippen LogP contribution in [0.15, 0.2) is 0 Å². The van der Waals surface area contributed by atoms with Gasteiger partial charge < -0.3 is 20.2 Å². The third-order valence-electron chi connectivity index (χ3n) is 3.34. The molecule has 0 aliphatic carbocycles. The summed E-state index contributed by atoms with van der Waals surface area (Å²) in [5.74, 6) is -0.828. The highest BCUT2D eigenvalue weighted by molar-refractivity contribution is 5.79. The predicted octanol–water partition coefficient (Wildman–Crippen LogP) is 0.444. The summed E-state index contributed by atoms with van der Waals surface area (Å²) in [5.41, 5.74) is -0.791. The molecule has 1 atom stereocenters. The maximum absolute atomic E-state index is 11.8. The molecule has 0 bridgehead atoms. The highest BCUT2D eigenvalue weighted by Gasteiger charge is 2.41. The Labute approximate surface area is 108 Å². The lowest BCUT2D eigenvalue weighted by Crippen LogP contribution is -2.41.